The fraction of sp³-hybridized carbons (Fsp3) is 0. The molecule has 0 aliphatic rings. The molecule has 2 aromatic carbocycles. The third-order valence-corrected chi connectivity index (χ3v) is 3.09. The van der Waals surface area contributed by atoms with Crippen molar-refractivity contribution >= 4 is 21.7 Å². The Labute approximate surface area is 109 Å². The van der Waals surface area contributed by atoms with Crippen LogP contribution in [0, 0.1) is 17.5 Å². The van der Waals surface area contributed by atoms with Crippen molar-refractivity contribution in [3.05, 3.63) is 69.4 Å². The van der Waals surface area contributed by atoms with Gasteiger partial charge in [-0.05, 0) is 24.3 Å². The molecule has 0 fully saturated rings. The van der Waals surface area contributed by atoms with Crippen LogP contribution in [0.3, 0.4) is 0 Å². The predicted octanol–water partition coefficient (Wildman–Crippen LogP) is 4.10. The summed E-state index contributed by atoms with van der Waals surface area (Å²) in [5, 5.41) is 0. The number of halogens is 4. The summed E-state index contributed by atoms with van der Waals surface area (Å²) in [6.07, 6.45) is 0. The van der Waals surface area contributed by atoms with Gasteiger partial charge in [0.15, 0.2) is 23.2 Å². The zero-order chi connectivity index (χ0) is 13.3. The van der Waals surface area contributed by atoms with Crippen LogP contribution in [0.1, 0.15) is 15.9 Å². The van der Waals surface area contributed by atoms with Crippen molar-refractivity contribution in [1.29, 1.82) is 0 Å². The van der Waals surface area contributed by atoms with E-state index in [9.17, 15) is 18.0 Å². The van der Waals surface area contributed by atoms with Crippen molar-refractivity contribution in [2.45, 2.75) is 0 Å². The van der Waals surface area contributed by atoms with Gasteiger partial charge in [0.25, 0.3) is 0 Å². The Kier molecular flexibility index (Phi) is 3.52. The standard InChI is InChI=1S/C13H6BrF3O/c14-9-4-2-1-3-7(9)13(18)8-5-6-10(15)12(17)11(8)16/h1-6H. The van der Waals surface area contributed by atoms with Gasteiger partial charge in [-0.25, -0.2) is 13.2 Å². The average Bonchev–Trinajstić information content (AvgIpc) is 2.36. The molecule has 0 spiro atoms. The maximum Gasteiger partial charge on any atom is 0.197 e. The zero-order valence-electron chi connectivity index (χ0n) is 8.88. The van der Waals surface area contributed by atoms with Gasteiger partial charge in [0.2, 0.25) is 0 Å². The molecular formula is C13H6BrF3O. The van der Waals surface area contributed by atoms with Crippen LogP contribution in [-0.4, -0.2) is 5.78 Å². The largest absolute Gasteiger partial charge is 0.288 e. The van der Waals surface area contributed by atoms with E-state index >= 15 is 0 Å². The van der Waals surface area contributed by atoms with Gasteiger partial charge in [-0.15, -0.1) is 0 Å². The molecule has 5 heteroatoms. The number of carbonyl (C=O) groups excluding carboxylic acids is 1. The molecule has 0 aromatic heterocycles. The molecule has 0 radical (unpaired) electrons. The summed E-state index contributed by atoms with van der Waals surface area (Å²) in [4.78, 5) is 12.0. The minimum atomic E-state index is -1.65. The first kappa shape index (κ1) is 12.8. The van der Waals surface area contributed by atoms with Crippen molar-refractivity contribution in [2.75, 3.05) is 0 Å². The van der Waals surface area contributed by atoms with E-state index in [0.29, 0.717) is 4.47 Å². The first-order valence-electron chi connectivity index (χ1n) is 4.95. The van der Waals surface area contributed by atoms with Gasteiger partial charge in [-0.1, -0.05) is 28.1 Å². The van der Waals surface area contributed by atoms with Crippen LogP contribution >= 0.6 is 15.9 Å². The molecule has 2 aromatic rings. The summed E-state index contributed by atoms with van der Waals surface area (Å²) in [5.41, 5.74) is -0.316. The summed E-state index contributed by atoms with van der Waals surface area (Å²) in [6, 6.07) is 7.99. The zero-order valence-corrected chi connectivity index (χ0v) is 10.5. The lowest BCUT2D eigenvalue weighted by Gasteiger charge is -2.05. The Morgan fingerprint density at radius 2 is 1.56 bits per heavy atom. The van der Waals surface area contributed by atoms with Gasteiger partial charge in [0.1, 0.15) is 0 Å². The molecule has 0 saturated carbocycles. The Bertz CT molecular complexity index is 626. The minimum absolute atomic E-state index is 0.183. The third kappa shape index (κ3) is 2.18. The van der Waals surface area contributed by atoms with Gasteiger partial charge < -0.3 is 0 Å². The number of hydrogen-bond acceptors (Lipinski definition) is 1. The molecule has 0 unspecified atom stereocenters. The first-order chi connectivity index (χ1) is 8.52. The van der Waals surface area contributed by atoms with Crippen LogP contribution in [0.15, 0.2) is 40.9 Å². The third-order valence-electron chi connectivity index (χ3n) is 2.40. The quantitative estimate of drug-likeness (QED) is 0.602. The molecule has 1 nitrogen and oxygen atoms in total. The number of benzene rings is 2. The van der Waals surface area contributed by atoms with Crippen molar-refractivity contribution < 1.29 is 18.0 Å². The lowest BCUT2D eigenvalue weighted by atomic mass is 10.0. The highest BCUT2D eigenvalue weighted by atomic mass is 79.9. The second kappa shape index (κ2) is 4.94. The highest BCUT2D eigenvalue weighted by molar-refractivity contribution is 9.10. The molecule has 2 rings (SSSR count). The van der Waals surface area contributed by atoms with E-state index in [1.54, 1.807) is 18.2 Å². The lowest BCUT2D eigenvalue weighted by molar-refractivity contribution is 0.103. The maximum absolute atomic E-state index is 13.5. The molecule has 0 aliphatic carbocycles. The summed E-state index contributed by atoms with van der Waals surface area (Å²) in [5.74, 6) is -5.15. The van der Waals surface area contributed by atoms with Crippen LogP contribution in [0.5, 0.6) is 0 Å². The van der Waals surface area contributed by atoms with Crippen molar-refractivity contribution in [1.82, 2.24) is 0 Å². The molecule has 0 N–H and O–H groups in total. The average molecular weight is 315 g/mol. The topological polar surface area (TPSA) is 17.1 Å². The fourth-order valence-electron chi connectivity index (χ4n) is 1.49. The number of ketones is 1. The summed E-state index contributed by atoms with van der Waals surface area (Å²) in [7, 11) is 0. The monoisotopic (exact) mass is 314 g/mol. The molecule has 18 heavy (non-hydrogen) atoms. The highest BCUT2D eigenvalue weighted by Crippen LogP contribution is 2.23. The lowest BCUT2D eigenvalue weighted by Crippen LogP contribution is -2.07. The van der Waals surface area contributed by atoms with Crippen molar-refractivity contribution in [2.24, 2.45) is 0 Å². The van der Waals surface area contributed by atoms with Crippen molar-refractivity contribution in [3.63, 3.8) is 0 Å². The smallest absolute Gasteiger partial charge is 0.197 e. The molecule has 0 bridgehead atoms. The highest BCUT2D eigenvalue weighted by Gasteiger charge is 2.21. The molecule has 0 saturated heterocycles. The summed E-state index contributed by atoms with van der Waals surface area (Å²) >= 11 is 3.14. The van der Waals surface area contributed by atoms with E-state index in [1.165, 1.54) is 6.07 Å². The molecule has 0 atom stereocenters. The van der Waals surface area contributed by atoms with Gasteiger partial charge in [-0.3, -0.25) is 4.79 Å². The number of rotatable bonds is 2. The van der Waals surface area contributed by atoms with E-state index in [-0.39, 0.29) is 5.56 Å². The Balaban J connectivity index is 2.54. The van der Waals surface area contributed by atoms with E-state index in [2.05, 4.69) is 15.9 Å². The normalized spacial score (nSPS) is 10.4. The molecular weight excluding hydrogens is 309 g/mol. The molecule has 92 valence electrons. The van der Waals surface area contributed by atoms with Crippen LogP contribution < -0.4 is 0 Å². The van der Waals surface area contributed by atoms with Crippen LogP contribution in [-0.2, 0) is 0 Å². The van der Waals surface area contributed by atoms with Gasteiger partial charge in [-0.2, -0.15) is 0 Å². The Morgan fingerprint density at radius 1 is 0.889 bits per heavy atom. The molecule has 0 amide bonds. The van der Waals surface area contributed by atoms with Crippen molar-refractivity contribution in [3.8, 4) is 0 Å². The Hall–Kier alpha value is -1.62. The maximum atomic E-state index is 13.5. The first-order valence-corrected chi connectivity index (χ1v) is 5.74. The Morgan fingerprint density at radius 3 is 2.22 bits per heavy atom. The van der Waals surface area contributed by atoms with Gasteiger partial charge >= 0.3 is 0 Å². The van der Waals surface area contributed by atoms with Crippen LogP contribution in [0.2, 0.25) is 0 Å². The predicted molar refractivity (Wildman–Crippen MR) is 63.9 cm³/mol. The fourth-order valence-corrected chi connectivity index (χ4v) is 1.96. The van der Waals surface area contributed by atoms with E-state index in [0.717, 1.165) is 12.1 Å². The molecule has 0 heterocycles. The van der Waals surface area contributed by atoms with E-state index in [1.807, 2.05) is 0 Å². The molecule has 0 aliphatic heterocycles. The van der Waals surface area contributed by atoms with E-state index in [4.69, 9.17) is 0 Å². The minimum Gasteiger partial charge on any atom is -0.288 e. The second-order valence-electron chi connectivity index (χ2n) is 3.53. The number of carbonyl (C=O) groups is 1. The van der Waals surface area contributed by atoms with Gasteiger partial charge in [0.05, 0.1) is 5.56 Å². The van der Waals surface area contributed by atoms with E-state index < -0.39 is 28.8 Å². The summed E-state index contributed by atoms with van der Waals surface area (Å²) in [6.45, 7) is 0. The van der Waals surface area contributed by atoms with Gasteiger partial charge in [0, 0.05) is 10.0 Å². The SMILES string of the molecule is O=C(c1ccccc1Br)c1ccc(F)c(F)c1F. The summed E-state index contributed by atoms with van der Waals surface area (Å²) < 4.78 is 39.8. The van der Waals surface area contributed by atoms with Crippen LogP contribution in [0.4, 0.5) is 13.2 Å². The second-order valence-corrected chi connectivity index (χ2v) is 4.39. The van der Waals surface area contributed by atoms with Crippen LogP contribution in [0.25, 0.3) is 0 Å². The number of hydrogen-bond donors (Lipinski definition) is 0.